The summed E-state index contributed by atoms with van der Waals surface area (Å²) in [6, 6.07) is 17.3. The molecule has 0 bridgehead atoms. The monoisotopic (exact) mass is 330 g/mol. The van der Waals surface area contributed by atoms with Gasteiger partial charge >= 0.3 is 0 Å². The summed E-state index contributed by atoms with van der Waals surface area (Å²) in [7, 11) is 0. The van der Waals surface area contributed by atoms with Crippen molar-refractivity contribution >= 4 is 45.6 Å². The minimum atomic E-state index is -0.0281. The van der Waals surface area contributed by atoms with Gasteiger partial charge in [0.05, 0.1) is 6.04 Å². The second kappa shape index (κ2) is 6.38. The lowest BCUT2D eigenvalue weighted by molar-refractivity contribution is 0.493. The Morgan fingerprint density at radius 3 is 2.59 bits per heavy atom. The van der Waals surface area contributed by atoms with Crippen LogP contribution in [0.3, 0.4) is 0 Å². The van der Waals surface area contributed by atoms with Gasteiger partial charge < -0.3 is 15.1 Å². The van der Waals surface area contributed by atoms with E-state index in [2.05, 4.69) is 10.6 Å². The smallest absolute Gasteiger partial charge is 0.171 e. The molecule has 0 radical (unpaired) electrons. The Kier molecular flexibility index (Phi) is 4.32. The van der Waals surface area contributed by atoms with E-state index in [1.54, 1.807) is 0 Å². The highest BCUT2D eigenvalue weighted by molar-refractivity contribution is 7.80. The molecule has 1 atom stereocenters. The van der Waals surface area contributed by atoms with Gasteiger partial charge in [-0.3, -0.25) is 0 Å². The largest absolute Gasteiger partial charge is 0.459 e. The van der Waals surface area contributed by atoms with Gasteiger partial charge in [0.2, 0.25) is 0 Å². The van der Waals surface area contributed by atoms with Gasteiger partial charge in [-0.15, -0.1) is 0 Å². The van der Waals surface area contributed by atoms with Crippen LogP contribution >= 0.6 is 23.8 Å². The first-order valence-corrected chi connectivity index (χ1v) is 7.72. The number of fused-ring (bicyclic) bond motifs is 1. The zero-order valence-electron chi connectivity index (χ0n) is 12.0. The van der Waals surface area contributed by atoms with Gasteiger partial charge in [0.25, 0.3) is 0 Å². The Morgan fingerprint density at radius 2 is 1.86 bits per heavy atom. The Balaban J connectivity index is 1.66. The molecule has 3 rings (SSSR count). The second-order valence-corrected chi connectivity index (χ2v) is 5.86. The van der Waals surface area contributed by atoms with Crippen LogP contribution in [-0.4, -0.2) is 5.11 Å². The quantitative estimate of drug-likeness (QED) is 0.652. The second-order valence-electron chi connectivity index (χ2n) is 5.01. The van der Waals surface area contributed by atoms with E-state index in [0.717, 1.165) is 22.4 Å². The van der Waals surface area contributed by atoms with Crippen LogP contribution < -0.4 is 10.6 Å². The third-order valence-corrected chi connectivity index (χ3v) is 3.79. The molecule has 0 unspecified atom stereocenters. The van der Waals surface area contributed by atoms with Crippen LogP contribution in [0.15, 0.2) is 59.0 Å². The molecular weight excluding hydrogens is 316 g/mol. The molecule has 1 heterocycles. The summed E-state index contributed by atoms with van der Waals surface area (Å²) in [5.41, 5.74) is 1.77. The Hall–Kier alpha value is -2.04. The molecule has 1 aromatic heterocycles. The van der Waals surface area contributed by atoms with Gasteiger partial charge in [0.15, 0.2) is 5.11 Å². The lowest BCUT2D eigenvalue weighted by Crippen LogP contribution is -2.30. The first-order valence-electron chi connectivity index (χ1n) is 6.93. The molecule has 3 nitrogen and oxygen atoms in total. The summed E-state index contributed by atoms with van der Waals surface area (Å²) in [5, 5.41) is 8.66. The van der Waals surface area contributed by atoms with Crippen molar-refractivity contribution in [2.45, 2.75) is 13.0 Å². The first kappa shape index (κ1) is 14.9. The van der Waals surface area contributed by atoms with Crippen LogP contribution in [0.4, 0.5) is 5.69 Å². The van der Waals surface area contributed by atoms with E-state index in [0.29, 0.717) is 10.1 Å². The molecule has 0 saturated heterocycles. The molecule has 0 amide bonds. The summed E-state index contributed by atoms with van der Waals surface area (Å²) >= 11 is 11.2. The number of rotatable bonds is 3. The van der Waals surface area contributed by atoms with E-state index in [1.807, 2.05) is 61.5 Å². The van der Waals surface area contributed by atoms with Crippen LogP contribution in [0.5, 0.6) is 0 Å². The third kappa shape index (κ3) is 3.40. The van der Waals surface area contributed by atoms with E-state index < -0.39 is 0 Å². The molecule has 3 aromatic rings. The van der Waals surface area contributed by atoms with Gasteiger partial charge in [0.1, 0.15) is 11.3 Å². The minimum absolute atomic E-state index is 0.0281. The SMILES string of the molecule is C[C@H](NC(=S)Nc1ccc(Cl)cc1)c1cc2ccccc2o1. The molecule has 0 aliphatic heterocycles. The van der Waals surface area contributed by atoms with Crippen LogP contribution in [-0.2, 0) is 0 Å². The summed E-state index contributed by atoms with van der Waals surface area (Å²) in [6.45, 7) is 2.01. The predicted octanol–water partition coefficient (Wildman–Crippen LogP) is 5.13. The highest BCUT2D eigenvalue weighted by Gasteiger charge is 2.12. The summed E-state index contributed by atoms with van der Waals surface area (Å²) in [6.07, 6.45) is 0. The molecule has 0 spiro atoms. The standard InChI is InChI=1S/C17H15ClN2OS/c1-11(16-10-12-4-2-3-5-15(12)21-16)19-17(22)20-14-8-6-13(18)7-9-14/h2-11H,1H3,(H2,19,20,22)/t11-/m0/s1. The Morgan fingerprint density at radius 1 is 1.14 bits per heavy atom. The minimum Gasteiger partial charge on any atom is -0.459 e. The molecule has 2 aromatic carbocycles. The molecule has 2 N–H and O–H groups in total. The van der Waals surface area contributed by atoms with E-state index >= 15 is 0 Å². The highest BCUT2D eigenvalue weighted by Crippen LogP contribution is 2.23. The Labute approximate surface area is 139 Å². The van der Waals surface area contributed by atoms with Crippen molar-refractivity contribution < 1.29 is 4.42 Å². The summed E-state index contributed by atoms with van der Waals surface area (Å²) < 4.78 is 5.83. The Bertz CT molecular complexity index is 765. The molecule has 0 aliphatic rings. The van der Waals surface area contributed by atoms with Gasteiger partial charge in [-0.25, -0.2) is 0 Å². The van der Waals surface area contributed by atoms with Crippen molar-refractivity contribution in [3.05, 3.63) is 65.4 Å². The molecule has 0 saturated carbocycles. The molecular formula is C17H15ClN2OS. The normalized spacial score (nSPS) is 12.1. The van der Waals surface area contributed by atoms with Crippen LogP contribution in [0.1, 0.15) is 18.7 Å². The van der Waals surface area contributed by atoms with Gasteiger partial charge in [0, 0.05) is 16.1 Å². The zero-order valence-corrected chi connectivity index (χ0v) is 13.5. The maximum Gasteiger partial charge on any atom is 0.171 e. The van der Waals surface area contributed by atoms with E-state index in [1.165, 1.54) is 0 Å². The number of para-hydroxylation sites is 1. The van der Waals surface area contributed by atoms with Crippen molar-refractivity contribution in [2.24, 2.45) is 0 Å². The van der Waals surface area contributed by atoms with Crippen molar-refractivity contribution in [1.82, 2.24) is 5.32 Å². The number of anilines is 1. The van der Waals surface area contributed by atoms with Crippen molar-refractivity contribution in [3.8, 4) is 0 Å². The third-order valence-electron chi connectivity index (χ3n) is 3.32. The fourth-order valence-electron chi connectivity index (χ4n) is 2.18. The number of halogens is 1. The van der Waals surface area contributed by atoms with Gasteiger partial charge in [-0.1, -0.05) is 29.8 Å². The van der Waals surface area contributed by atoms with Crippen LogP contribution in [0, 0.1) is 0 Å². The average molecular weight is 331 g/mol. The van der Waals surface area contributed by atoms with Crippen molar-refractivity contribution in [3.63, 3.8) is 0 Å². The molecule has 0 fully saturated rings. The number of furan rings is 1. The maximum absolute atomic E-state index is 5.86. The number of hydrogen-bond donors (Lipinski definition) is 2. The van der Waals surface area contributed by atoms with Crippen LogP contribution in [0.25, 0.3) is 11.0 Å². The highest BCUT2D eigenvalue weighted by atomic mass is 35.5. The van der Waals surface area contributed by atoms with E-state index in [-0.39, 0.29) is 6.04 Å². The average Bonchev–Trinajstić information content (AvgIpc) is 2.93. The van der Waals surface area contributed by atoms with Gasteiger partial charge in [-0.05, 0) is 55.5 Å². The van der Waals surface area contributed by atoms with Crippen LogP contribution in [0.2, 0.25) is 5.02 Å². The first-order chi connectivity index (χ1) is 10.6. The lowest BCUT2D eigenvalue weighted by Gasteiger charge is -2.15. The van der Waals surface area contributed by atoms with Crippen molar-refractivity contribution in [1.29, 1.82) is 0 Å². The number of nitrogens with one attached hydrogen (secondary N) is 2. The molecule has 22 heavy (non-hydrogen) atoms. The topological polar surface area (TPSA) is 37.2 Å². The van der Waals surface area contributed by atoms with E-state index in [4.69, 9.17) is 28.2 Å². The fourth-order valence-corrected chi connectivity index (χ4v) is 2.60. The van der Waals surface area contributed by atoms with Crippen molar-refractivity contribution in [2.75, 3.05) is 5.32 Å². The van der Waals surface area contributed by atoms with Gasteiger partial charge in [-0.2, -0.15) is 0 Å². The maximum atomic E-state index is 5.86. The number of benzene rings is 2. The fraction of sp³-hybridized carbons (Fsp3) is 0.118. The number of thiocarbonyl (C=S) groups is 1. The lowest BCUT2D eigenvalue weighted by atomic mass is 10.2. The molecule has 5 heteroatoms. The molecule has 0 aliphatic carbocycles. The zero-order chi connectivity index (χ0) is 15.5. The predicted molar refractivity (Wildman–Crippen MR) is 95.4 cm³/mol. The number of hydrogen-bond acceptors (Lipinski definition) is 2. The molecule has 112 valence electrons. The summed E-state index contributed by atoms with van der Waals surface area (Å²) in [4.78, 5) is 0. The van der Waals surface area contributed by atoms with E-state index in [9.17, 15) is 0 Å². The summed E-state index contributed by atoms with van der Waals surface area (Å²) in [5.74, 6) is 0.849.